The Morgan fingerprint density at radius 2 is 1.90 bits per heavy atom. The van der Waals surface area contributed by atoms with Gasteiger partial charge in [-0.1, -0.05) is 25.7 Å². The first kappa shape index (κ1) is 15.7. The molecule has 1 amide bonds. The summed E-state index contributed by atoms with van der Waals surface area (Å²) in [6, 6.07) is 0. The van der Waals surface area contributed by atoms with Crippen LogP contribution in [0.2, 0.25) is 0 Å². The van der Waals surface area contributed by atoms with Gasteiger partial charge in [0.2, 0.25) is 0 Å². The molecule has 1 aliphatic carbocycles. The highest BCUT2D eigenvalue weighted by molar-refractivity contribution is 5.81. The number of carbonyl (C=O) groups is 1. The van der Waals surface area contributed by atoms with E-state index in [1.807, 2.05) is 6.92 Å². The van der Waals surface area contributed by atoms with Gasteiger partial charge in [-0.3, -0.25) is 4.79 Å². The van der Waals surface area contributed by atoms with E-state index in [1.54, 1.807) is 12.0 Å². The lowest BCUT2D eigenvalue weighted by Gasteiger charge is -2.46. The number of amides is 1. The molecule has 5 heteroatoms. The van der Waals surface area contributed by atoms with Crippen LogP contribution in [0.25, 0.3) is 0 Å². The van der Waals surface area contributed by atoms with Gasteiger partial charge in [-0.25, -0.2) is 0 Å². The minimum atomic E-state index is -0.869. The molecule has 1 heterocycles. The van der Waals surface area contributed by atoms with Crippen LogP contribution in [0.3, 0.4) is 0 Å². The zero-order chi connectivity index (χ0) is 14.6. The summed E-state index contributed by atoms with van der Waals surface area (Å²) < 4.78 is 10.9. The number of hydrogen-bond acceptors (Lipinski definition) is 4. The molecule has 1 saturated heterocycles. The summed E-state index contributed by atoms with van der Waals surface area (Å²) in [5.41, 5.74) is -0.869. The molecule has 1 atom stereocenters. The second-order valence-electron chi connectivity index (χ2n) is 6.24. The third kappa shape index (κ3) is 3.93. The molecule has 5 nitrogen and oxygen atoms in total. The van der Waals surface area contributed by atoms with Crippen molar-refractivity contribution in [2.45, 2.75) is 63.3 Å². The van der Waals surface area contributed by atoms with Gasteiger partial charge in [0, 0.05) is 7.11 Å². The van der Waals surface area contributed by atoms with Gasteiger partial charge in [0.15, 0.2) is 0 Å². The van der Waals surface area contributed by atoms with Gasteiger partial charge in [-0.05, 0) is 19.8 Å². The number of likely N-dealkylation sites (tertiary alicyclic amines) is 1. The van der Waals surface area contributed by atoms with Gasteiger partial charge in [0.25, 0.3) is 5.91 Å². The summed E-state index contributed by atoms with van der Waals surface area (Å²) in [7, 11) is 1.56. The van der Waals surface area contributed by atoms with E-state index in [2.05, 4.69) is 0 Å². The van der Waals surface area contributed by atoms with E-state index in [9.17, 15) is 9.90 Å². The minimum absolute atomic E-state index is 0.0185. The Labute approximate surface area is 121 Å². The molecule has 0 aromatic heterocycles. The number of rotatable bonds is 5. The van der Waals surface area contributed by atoms with Crippen LogP contribution >= 0.6 is 0 Å². The largest absolute Gasteiger partial charge is 0.384 e. The van der Waals surface area contributed by atoms with Gasteiger partial charge in [0.05, 0.1) is 25.8 Å². The van der Waals surface area contributed by atoms with Crippen molar-refractivity contribution >= 4 is 5.91 Å². The van der Waals surface area contributed by atoms with Gasteiger partial charge in [-0.15, -0.1) is 0 Å². The van der Waals surface area contributed by atoms with Crippen LogP contribution in [-0.2, 0) is 14.3 Å². The van der Waals surface area contributed by atoms with Crippen molar-refractivity contribution in [1.29, 1.82) is 0 Å². The fourth-order valence-electron chi connectivity index (χ4n) is 3.16. The summed E-state index contributed by atoms with van der Waals surface area (Å²) >= 11 is 0. The Morgan fingerprint density at radius 3 is 2.45 bits per heavy atom. The molecule has 0 aromatic rings. The van der Waals surface area contributed by atoms with Crippen LogP contribution in [0.1, 0.15) is 45.4 Å². The molecular weight excluding hydrogens is 258 g/mol. The summed E-state index contributed by atoms with van der Waals surface area (Å²) in [6.45, 7) is 2.78. The van der Waals surface area contributed by atoms with E-state index in [-0.39, 0.29) is 18.6 Å². The average Bonchev–Trinajstić information content (AvgIpc) is 2.63. The predicted molar refractivity (Wildman–Crippen MR) is 75.4 cm³/mol. The maximum absolute atomic E-state index is 12.2. The molecule has 2 fully saturated rings. The van der Waals surface area contributed by atoms with Crippen molar-refractivity contribution < 1.29 is 19.4 Å². The highest BCUT2D eigenvalue weighted by atomic mass is 16.5. The van der Waals surface area contributed by atoms with Crippen LogP contribution < -0.4 is 0 Å². The number of methoxy groups -OCH3 is 1. The Bertz CT molecular complexity index is 320. The summed E-state index contributed by atoms with van der Waals surface area (Å²) in [4.78, 5) is 13.9. The van der Waals surface area contributed by atoms with Crippen molar-refractivity contribution in [3.63, 3.8) is 0 Å². The molecule has 1 unspecified atom stereocenters. The molecule has 0 bridgehead atoms. The molecule has 1 saturated carbocycles. The van der Waals surface area contributed by atoms with Crippen LogP contribution in [0.4, 0.5) is 0 Å². The van der Waals surface area contributed by atoms with Crippen LogP contribution in [0.5, 0.6) is 0 Å². The van der Waals surface area contributed by atoms with E-state index in [1.165, 1.54) is 25.7 Å². The van der Waals surface area contributed by atoms with Crippen molar-refractivity contribution in [3.8, 4) is 0 Å². The van der Waals surface area contributed by atoms with Crippen molar-refractivity contribution in [2.24, 2.45) is 0 Å². The van der Waals surface area contributed by atoms with E-state index >= 15 is 0 Å². The van der Waals surface area contributed by atoms with E-state index in [0.29, 0.717) is 13.1 Å². The molecule has 1 N–H and O–H groups in total. The fraction of sp³-hybridized carbons (Fsp3) is 0.933. The van der Waals surface area contributed by atoms with Gasteiger partial charge < -0.3 is 19.5 Å². The maximum Gasteiger partial charge on any atom is 0.251 e. The maximum atomic E-state index is 12.2. The van der Waals surface area contributed by atoms with Gasteiger partial charge in [-0.2, -0.15) is 0 Å². The van der Waals surface area contributed by atoms with Crippen LogP contribution in [-0.4, -0.2) is 60.5 Å². The second kappa shape index (κ2) is 6.87. The summed E-state index contributed by atoms with van der Waals surface area (Å²) in [5.74, 6) is -0.0185. The highest BCUT2D eigenvalue weighted by Crippen LogP contribution is 2.25. The number of hydrogen-bond donors (Lipinski definition) is 1. The molecule has 0 aromatic carbocycles. The first-order chi connectivity index (χ1) is 9.54. The summed E-state index contributed by atoms with van der Waals surface area (Å²) in [6.07, 6.45) is 6.87. The first-order valence-electron chi connectivity index (χ1n) is 7.70. The number of β-amino-alcohol motifs (C(OH)–C–C–N with tert-alkyl or cyclic N) is 1. The predicted octanol–water partition coefficient (Wildman–Crippen LogP) is 1.33. The lowest BCUT2D eigenvalue weighted by Crippen LogP contribution is -2.67. The molecule has 1 aliphatic heterocycles. The van der Waals surface area contributed by atoms with E-state index in [0.717, 1.165) is 12.8 Å². The van der Waals surface area contributed by atoms with E-state index in [4.69, 9.17) is 9.47 Å². The average molecular weight is 285 g/mol. The highest BCUT2D eigenvalue weighted by Gasteiger charge is 2.45. The molecule has 0 spiro atoms. The molecule has 0 radical (unpaired) electrons. The number of ether oxygens (including phenoxy) is 2. The van der Waals surface area contributed by atoms with Crippen LogP contribution in [0.15, 0.2) is 0 Å². The number of carbonyl (C=O) groups excluding carboxylic acids is 1. The van der Waals surface area contributed by atoms with Crippen molar-refractivity contribution in [2.75, 3.05) is 26.8 Å². The van der Waals surface area contributed by atoms with Crippen molar-refractivity contribution in [1.82, 2.24) is 4.90 Å². The SMILES string of the molecule is COCC1(O)CN(C(=O)C(C)OC2CCCCCC2)C1. The molecule has 2 aliphatic rings. The van der Waals surface area contributed by atoms with Gasteiger partial charge >= 0.3 is 0 Å². The zero-order valence-corrected chi connectivity index (χ0v) is 12.6. The zero-order valence-electron chi connectivity index (χ0n) is 12.6. The standard InChI is InChI=1S/C15H27NO4/c1-12(20-13-7-5-3-4-6-8-13)14(17)16-9-15(18,10-16)11-19-2/h12-13,18H,3-11H2,1-2H3. The quantitative estimate of drug-likeness (QED) is 0.774. The minimum Gasteiger partial charge on any atom is -0.384 e. The monoisotopic (exact) mass is 285 g/mol. The van der Waals surface area contributed by atoms with E-state index < -0.39 is 11.7 Å². The van der Waals surface area contributed by atoms with Gasteiger partial charge in [0.1, 0.15) is 11.7 Å². The Balaban J connectivity index is 1.75. The Hall–Kier alpha value is -0.650. The molecule has 20 heavy (non-hydrogen) atoms. The smallest absolute Gasteiger partial charge is 0.251 e. The third-order valence-corrected chi connectivity index (χ3v) is 4.24. The topological polar surface area (TPSA) is 59.0 Å². The van der Waals surface area contributed by atoms with Crippen molar-refractivity contribution in [3.05, 3.63) is 0 Å². The Kier molecular flexibility index (Phi) is 5.41. The lowest BCUT2D eigenvalue weighted by atomic mass is 9.94. The third-order valence-electron chi connectivity index (χ3n) is 4.24. The van der Waals surface area contributed by atoms with Crippen LogP contribution in [0, 0.1) is 0 Å². The first-order valence-corrected chi connectivity index (χ1v) is 7.70. The fourth-order valence-corrected chi connectivity index (χ4v) is 3.16. The molecule has 2 rings (SSSR count). The summed E-state index contributed by atoms with van der Waals surface area (Å²) in [5, 5.41) is 10.0. The Morgan fingerprint density at radius 1 is 1.30 bits per heavy atom. The normalized spacial score (nSPS) is 24.9. The molecular formula is C15H27NO4. The lowest BCUT2D eigenvalue weighted by molar-refractivity contribution is -0.176. The molecule has 116 valence electrons. The number of nitrogens with zero attached hydrogens (tertiary/aromatic N) is 1. The number of aliphatic hydroxyl groups is 1. The second-order valence-corrected chi connectivity index (χ2v) is 6.24.